The number of ether oxygens (including phenoxy) is 1. The highest BCUT2D eigenvalue weighted by molar-refractivity contribution is 7.12. The van der Waals surface area contributed by atoms with Crippen LogP contribution in [0.3, 0.4) is 0 Å². The molecule has 0 atom stereocenters. The van der Waals surface area contributed by atoms with E-state index in [1.807, 2.05) is 28.5 Å². The van der Waals surface area contributed by atoms with E-state index in [0.29, 0.717) is 25.4 Å². The molecular formula is C27H43N3O3S2Si. The minimum atomic E-state index is -1.67. The van der Waals surface area contributed by atoms with Gasteiger partial charge in [-0.2, -0.15) is 0 Å². The molecule has 0 bridgehead atoms. The number of aryl methyl sites for hydroxylation is 1. The molecule has 0 N–H and O–H groups in total. The Hall–Kier alpha value is -1.10. The molecule has 2 aromatic rings. The maximum absolute atomic E-state index is 12.9. The summed E-state index contributed by atoms with van der Waals surface area (Å²) in [6, 6.07) is 4.58. The van der Waals surface area contributed by atoms with E-state index in [0.717, 1.165) is 56.9 Å². The standard InChI is InChI=1S/C27H43N3O3S2Si/c1-21-28-24(19-34-21)25(31)30-16-18-32-27(20-30)11-14-29(15-12-27)13-9-22-7-8-23(35-22)10-17-33-36(5,6)26(2,3)4/h7-8,19H,9-18,20H2,1-6H3. The Labute approximate surface area is 226 Å². The van der Waals surface area contributed by atoms with Gasteiger partial charge in [0.1, 0.15) is 5.69 Å². The van der Waals surface area contributed by atoms with Crippen LogP contribution >= 0.6 is 22.7 Å². The van der Waals surface area contributed by atoms with Gasteiger partial charge in [-0.25, -0.2) is 4.98 Å². The normalized spacial score (nSPS) is 19.2. The lowest BCUT2D eigenvalue weighted by molar-refractivity contribution is -0.127. The van der Waals surface area contributed by atoms with Crippen LogP contribution in [0.2, 0.25) is 18.1 Å². The molecule has 2 aromatic heterocycles. The maximum atomic E-state index is 12.9. The van der Waals surface area contributed by atoms with Crippen LogP contribution < -0.4 is 0 Å². The van der Waals surface area contributed by atoms with Crippen LogP contribution in [-0.2, 0) is 22.0 Å². The van der Waals surface area contributed by atoms with Crippen LogP contribution in [0.15, 0.2) is 17.5 Å². The van der Waals surface area contributed by atoms with Gasteiger partial charge in [0.2, 0.25) is 0 Å². The highest BCUT2D eigenvalue weighted by Gasteiger charge is 2.41. The van der Waals surface area contributed by atoms with Crippen molar-refractivity contribution in [3.63, 3.8) is 0 Å². The third-order valence-corrected chi connectivity index (χ3v) is 14.7. The number of aromatic nitrogens is 1. The summed E-state index contributed by atoms with van der Waals surface area (Å²) in [4.78, 5) is 24.7. The van der Waals surface area contributed by atoms with Gasteiger partial charge in [0.15, 0.2) is 8.32 Å². The van der Waals surface area contributed by atoms with Gasteiger partial charge < -0.3 is 19.0 Å². The Balaban J connectivity index is 1.20. The molecule has 4 heterocycles. The largest absolute Gasteiger partial charge is 0.416 e. The highest BCUT2D eigenvalue weighted by Crippen LogP contribution is 2.36. The molecular weight excluding hydrogens is 507 g/mol. The number of nitrogens with zero attached hydrogens (tertiary/aromatic N) is 3. The first-order valence-corrected chi connectivity index (χ1v) is 17.9. The summed E-state index contributed by atoms with van der Waals surface area (Å²) < 4.78 is 12.6. The maximum Gasteiger partial charge on any atom is 0.273 e. The topological polar surface area (TPSA) is 54.9 Å². The summed E-state index contributed by atoms with van der Waals surface area (Å²) in [6.45, 7) is 19.4. The van der Waals surface area contributed by atoms with Gasteiger partial charge in [-0.3, -0.25) is 4.79 Å². The summed E-state index contributed by atoms with van der Waals surface area (Å²) in [5.41, 5.74) is 0.379. The minimum absolute atomic E-state index is 0.0488. The molecule has 9 heteroatoms. The smallest absolute Gasteiger partial charge is 0.273 e. The molecule has 6 nitrogen and oxygen atoms in total. The zero-order valence-electron chi connectivity index (χ0n) is 22.9. The number of carbonyl (C=O) groups is 1. The van der Waals surface area contributed by atoms with Crippen molar-refractivity contribution in [3.05, 3.63) is 38.0 Å². The van der Waals surface area contributed by atoms with E-state index in [-0.39, 0.29) is 16.5 Å². The fourth-order valence-corrected chi connectivity index (χ4v) is 7.33. The minimum Gasteiger partial charge on any atom is -0.416 e. The lowest BCUT2D eigenvalue weighted by Crippen LogP contribution is -2.58. The van der Waals surface area contributed by atoms with Crippen molar-refractivity contribution in [1.29, 1.82) is 0 Å². The van der Waals surface area contributed by atoms with Gasteiger partial charge in [-0.1, -0.05) is 20.8 Å². The van der Waals surface area contributed by atoms with E-state index in [2.05, 4.69) is 55.9 Å². The molecule has 0 unspecified atom stereocenters. The second kappa shape index (κ2) is 11.3. The summed E-state index contributed by atoms with van der Waals surface area (Å²) in [7, 11) is -1.67. The number of piperidine rings is 1. The summed E-state index contributed by atoms with van der Waals surface area (Å²) in [5, 5.41) is 3.07. The van der Waals surface area contributed by atoms with Gasteiger partial charge in [0.05, 0.1) is 23.8 Å². The third kappa shape index (κ3) is 6.85. The third-order valence-electron chi connectivity index (χ3n) is 8.15. The van der Waals surface area contributed by atoms with Crippen molar-refractivity contribution < 1.29 is 14.0 Å². The van der Waals surface area contributed by atoms with Gasteiger partial charge in [-0.15, -0.1) is 22.7 Å². The fourth-order valence-electron chi connectivity index (χ4n) is 4.71. The Morgan fingerprint density at radius 3 is 2.50 bits per heavy atom. The van der Waals surface area contributed by atoms with Gasteiger partial charge in [-0.05, 0) is 56.5 Å². The number of hydrogen-bond donors (Lipinski definition) is 0. The molecule has 4 rings (SSSR count). The Kier molecular flexibility index (Phi) is 8.79. The van der Waals surface area contributed by atoms with Crippen LogP contribution in [-0.4, -0.2) is 80.5 Å². The van der Waals surface area contributed by atoms with Crippen molar-refractivity contribution in [2.24, 2.45) is 0 Å². The molecule has 36 heavy (non-hydrogen) atoms. The van der Waals surface area contributed by atoms with E-state index in [9.17, 15) is 4.79 Å². The number of carbonyl (C=O) groups excluding carboxylic acids is 1. The Morgan fingerprint density at radius 1 is 1.17 bits per heavy atom. The zero-order valence-corrected chi connectivity index (χ0v) is 25.5. The second-order valence-corrected chi connectivity index (χ2v) is 19.0. The number of likely N-dealkylation sites (tertiary alicyclic amines) is 1. The van der Waals surface area contributed by atoms with E-state index in [1.54, 1.807) is 0 Å². The van der Waals surface area contributed by atoms with Gasteiger partial charge >= 0.3 is 0 Å². The average molecular weight is 550 g/mol. The van der Waals surface area contributed by atoms with Crippen LogP contribution in [0, 0.1) is 6.92 Å². The van der Waals surface area contributed by atoms with E-state index in [1.165, 1.54) is 21.1 Å². The van der Waals surface area contributed by atoms with Crippen molar-refractivity contribution in [3.8, 4) is 0 Å². The molecule has 0 saturated carbocycles. The molecule has 2 aliphatic heterocycles. The molecule has 1 spiro atoms. The molecule has 0 radical (unpaired) electrons. The van der Waals surface area contributed by atoms with Crippen molar-refractivity contribution >= 4 is 36.9 Å². The number of thiophene rings is 1. The molecule has 0 aromatic carbocycles. The first-order chi connectivity index (χ1) is 17.0. The highest BCUT2D eigenvalue weighted by atomic mass is 32.1. The average Bonchev–Trinajstić information content (AvgIpc) is 3.46. The molecule has 2 saturated heterocycles. The quantitative estimate of drug-likeness (QED) is 0.400. The number of rotatable bonds is 8. The molecule has 2 fully saturated rings. The predicted molar refractivity (Wildman–Crippen MR) is 152 cm³/mol. The van der Waals surface area contributed by atoms with Crippen LogP contribution in [0.4, 0.5) is 0 Å². The van der Waals surface area contributed by atoms with Crippen molar-refractivity contribution in [2.75, 3.05) is 45.9 Å². The molecule has 0 aliphatic carbocycles. The van der Waals surface area contributed by atoms with E-state index in [4.69, 9.17) is 9.16 Å². The molecule has 200 valence electrons. The summed E-state index contributed by atoms with van der Waals surface area (Å²) in [5.74, 6) is 0.0488. The fraction of sp³-hybridized carbons (Fsp3) is 0.704. The van der Waals surface area contributed by atoms with Gasteiger partial charge in [0, 0.05) is 54.3 Å². The Bertz CT molecular complexity index is 1020. The van der Waals surface area contributed by atoms with Crippen LogP contribution in [0.1, 0.15) is 58.9 Å². The van der Waals surface area contributed by atoms with Crippen molar-refractivity contribution in [2.45, 2.75) is 77.1 Å². The number of hydrogen-bond acceptors (Lipinski definition) is 7. The zero-order chi connectivity index (χ0) is 26.0. The lowest BCUT2D eigenvalue weighted by Gasteiger charge is -2.47. The first-order valence-electron chi connectivity index (χ1n) is 13.3. The lowest BCUT2D eigenvalue weighted by atomic mass is 9.89. The van der Waals surface area contributed by atoms with Gasteiger partial charge in [0.25, 0.3) is 5.91 Å². The van der Waals surface area contributed by atoms with Crippen LogP contribution in [0.5, 0.6) is 0 Å². The SMILES string of the molecule is Cc1nc(C(=O)N2CCOC3(CCN(CCc4ccc(CCO[Si](C)(C)C(C)(C)C)s4)CC3)C2)cs1. The Morgan fingerprint density at radius 2 is 1.86 bits per heavy atom. The molecule has 2 aliphatic rings. The number of morpholine rings is 1. The van der Waals surface area contributed by atoms with E-state index < -0.39 is 8.32 Å². The first kappa shape index (κ1) is 27.9. The predicted octanol–water partition coefficient (Wildman–Crippen LogP) is 5.63. The van der Waals surface area contributed by atoms with Crippen molar-refractivity contribution in [1.82, 2.24) is 14.8 Å². The summed E-state index contributed by atoms with van der Waals surface area (Å²) >= 11 is 3.47. The van der Waals surface area contributed by atoms with E-state index >= 15 is 0 Å². The monoisotopic (exact) mass is 549 g/mol. The van der Waals surface area contributed by atoms with Crippen LogP contribution in [0.25, 0.3) is 0 Å². The number of thiazole rings is 1. The molecule has 1 amide bonds. The number of amides is 1. The summed E-state index contributed by atoms with van der Waals surface area (Å²) in [6.07, 6.45) is 4.06. The second-order valence-electron chi connectivity index (χ2n) is 11.8.